The molecule has 1 unspecified atom stereocenters. The van der Waals surface area contributed by atoms with Crippen molar-refractivity contribution in [3.8, 4) is 0 Å². The molecule has 1 atom stereocenters. The fourth-order valence-corrected chi connectivity index (χ4v) is 2.09. The zero-order valence-corrected chi connectivity index (χ0v) is 11.8. The minimum atomic E-state index is 0.220. The number of halogens is 1. The number of aromatic amines is 1. The van der Waals surface area contributed by atoms with Crippen LogP contribution in [0.1, 0.15) is 29.8 Å². The Labute approximate surface area is 110 Å². The Morgan fingerprint density at radius 2 is 1.94 bits per heavy atom. The third-order valence-corrected chi connectivity index (χ3v) is 4.06. The summed E-state index contributed by atoms with van der Waals surface area (Å²) in [5.41, 5.74) is 4.70. The molecule has 17 heavy (non-hydrogen) atoms. The van der Waals surface area contributed by atoms with Crippen molar-refractivity contribution < 1.29 is 0 Å². The summed E-state index contributed by atoms with van der Waals surface area (Å²) in [6.07, 6.45) is 1.77. The van der Waals surface area contributed by atoms with Gasteiger partial charge < -0.3 is 5.32 Å². The first-order valence-electron chi connectivity index (χ1n) is 5.60. The topological polar surface area (TPSA) is 40.7 Å². The molecule has 0 amide bonds. The van der Waals surface area contributed by atoms with E-state index in [9.17, 15) is 0 Å². The van der Waals surface area contributed by atoms with E-state index in [1.807, 2.05) is 6.07 Å². The number of rotatable bonds is 3. The lowest BCUT2D eigenvalue weighted by Crippen LogP contribution is -2.07. The molecule has 2 rings (SSSR count). The monoisotopic (exact) mass is 293 g/mol. The van der Waals surface area contributed by atoms with E-state index in [1.54, 1.807) is 6.20 Å². The van der Waals surface area contributed by atoms with E-state index in [1.165, 1.54) is 15.6 Å². The SMILES string of the molecule is Cc1cc(NC(C)c2ccn[nH]2)cc(C)c1Br. The molecule has 1 aromatic carbocycles. The van der Waals surface area contributed by atoms with Gasteiger partial charge in [-0.05, 0) is 50.1 Å². The number of nitrogens with zero attached hydrogens (tertiary/aromatic N) is 1. The van der Waals surface area contributed by atoms with Crippen molar-refractivity contribution >= 4 is 21.6 Å². The summed E-state index contributed by atoms with van der Waals surface area (Å²) in [5.74, 6) is 0. The first-order valence-corrected chi connectivity index (χ1v) is 6.40. The van der Waals surface area contributed by atoms with Gasteiger partial charge in [0, 0.05) is 16.4 Å². The van der Waals surface area contributed by atoms with Crippen LogP contribution in [0.2, 0.25) is 0 Å². The van der Waals surface area contributed by atoms with Crippen LogP contribution >= 0.6 is 15.9 Å². The number of hydrogen-bond acceptors (Lipinski definition) is 2. The Hall–Kier alpha value is -1.29. The number of anilines is 1. The molecule has 0 spiro atoms. The highest BCUT2D eigenvalue weighted by atomic mass is 79.9. The number of H-pyrrole nitrogens is 1. The van der Waals surface area contributed by atoms with Gasteiger partial charge in [0.1, 0.15) is 0 Å². The van der Waals surface area contributed by atoms with E-state index >= 15 is 0 Å². The molecule has 0 aliphatic heterocycles. The van der Waals surface area contributed by atoms with Crippen LogP contribution in [0.15, 0.2) is 28.9 Å². The lowest BCUT2D eigenvalue weighted by Gasteiger charge is -2.15. The smallest absolute Gasteiger partial charge is 0.0651 e. The van der Waals surface area contributed by atoms with E-state index in [4.69, 9.17) is 0 Å². The molecule has 1 heterocycles. The zero-order chi connectivity index (χ0) is 12.4. The number of aryl methyl sites for hydroxylation is 2. The van der Waals surface area contributed by atoms with Crippen molar-refractivity contribution in [3.05, 3.63) is 45.7 Å². The molecule has 0 saturated carbocycles. The standard InChI is InChI=1S/C13H16BrN3/c1-8-6-11(7-9(2)13(8)14)16-10(3)12-4-5-15-17-12/h4-7,10,16H,1-3H3,(H,15,17). The lowest BCUT2D eigenvalue weighted by molar-refractivity contribution is 0.825. The summed E-state index contributed by atoms with van der Waals surface area (Å²) in [6.45, 7) is 6.31. The molecule has 3 nitrogen and oxygen atoms in total. The van der Waals surface area contributed by atoms with Gasteiger partial charge in [0.05, 0.1) is 11.7 Å². The van der Waals surface area contributed by atoms with Crippen molar-refractivity contribution in [1.29, 1.82) is 0 Å². The highest BCUT2D eigenvalue weighted by molar-refractivity contribution is 9.10. The summed E-state index contributed by atoms with van der Waals surface area (Å²) in [6, 6.07) is 6.49. The highest BCUT2D eigenvalue weighted by Crippen LogP contribution is 2.26. The minimum absolute atomic E-state index is 0.220. The Morgan fingerprint density at radius 3 is 2.47 bits per heavy atom. The number of hydrogen-bond donors (Lipinski definition) is 2. The maximum absolute atomic E-state index is 3.96. The molecule has 90 valence electrons. The van der Waals surface area contributed by atoms with E-state index in [0.29, 0.717) is 0 Å². The van der Waals surface area contributed by atoms with Gasteiger partial charge in [-0.15, -0.1) is 0 Å². The number of aromatic nitrogens is 2. The van der Waals surface area contributed by atoms with Gasteiger partial charge in [0.2, 0.25) is 0 Å². The zero-order valence-electron chi connectivity index (χ0n) is 10.2. The average Bonchev–Trinajstić information content (AvgIpc) is 2.79. The second kappa shape index (κ2) is 4.92. The molecule has 0 fully saturated rings. The van der Waals surface area contributed by atoms with Crippen molar-refractivity contribution in [2.24, 2.45) is 0 Å². The summed E-state index contributed by atoms with van der Waals surface area (Å²) in [5, 5.41) is 10.4. The normalized spacial score (nSPS) is 12.5. The number of nitrogens with one attached hydrogen (secondary N) is 2. The maximum atomic E-state index is 3.96. The first kappa shape index (κ1) is 12.2. The molecule has 2 N–H and O–H groups in total. The quantitative estimate of drug-likeness (QED) is 0.899. The largest absolute Gasteiger partial charge is 0.377 e. The third-order valence-electron chi connectivity index (χ3n) is 2.81. The Kier molecular flexibility index (Phi) is 3.52. The van der Waals surface area contributed by atoms with E-state index in [2.05, 4.69) is 64.3 Å². The van der Waals surface area contributed by atoms with Gasteiger partial charge >= 0.3 is 0 Å². The first-order chi connectivity index (χ1) is 8.08. The summed E-state index contributed by atoms with van der Waals surface area (Å²) >= 11 is 3.57. The van der Waals surface area contributed by atoms with E-state index < -0.39 is 0 Å². The molecule has 4 heteroatoms. The van der Waals surface area contributed by atoms with Crippen LogP contribution in [0.25, 0.3) is 0 Å². The van der Waals surface area contributed by atoms with Crippen molar-refractivity contribution in [2.45, 2.75) is 26.8 Å². The van der Waals surface area contributed by atoms with Crippen LogP contribution in [-0.2, 0) is 0 Å². The summed E-state index contributed by atoms with van der Waals surface area (Å²) in [7, 11) is 0. The predicted molar refractivity (Wildman–Crippen MR) is 74.2 cm³/mol. The lowest BCUT2D eigenvalue weighted by atomic mass is 10.1. The van der Waals surface area contributed by atoms with E-state index in [0.717, 1.165) is 11.4 Å². The van der Waals surface area contributed by atoms with Crippen LogP contribution in [-0.4, -0.2) is 10.2 Å². The minimum Gasteiger partial charge on any atom is -0.377 e. The second-order valence-corrected chi connectivity index (χ2v) is 5.10. The molecule has 0 radical (unpaired) electrons. The van der Waals surface area contributed by atoms with Crippen LogP contribution in [0.4, 0.5) is 5.69 Å². The molecule has 0 aliphatic rings. The molecule has 1 aromatic heterocycles. The molecular weight excluding hydrogens is 278 g/mol. The molecule has 0 aliphatic carbocycles. The van der Waals surface area contributed by atoms with Crippen LogP contribution < -0.4 is 5.32 Å². The van der Waals surface area contributed by atoms with Gasteiger partial charge in [0.15, 0.2) is 0 Å². The predicted octanol–water partition coefficient (Wildman–Crippen LogP) is 3.96. The van der Waals surface area contributed by atoms with Gasteiger partial charge in [-0.3, -0.25) is 5.10 Å². The summed E-state index contributed by atoms with van der Waals surface area (Å²) in [4.78, 5) is 0. The average molecular weight is 294 g/mol. The fraction of sp³-hybridized carbons (Fsp3) is 0.308. The van der Waals surface area contributed by atoms with Gasteiger partial charge in [0.25, 0.3) is 0 Å². The van der Waals surface area contributed by atoms with Gasteiger partial charge in [-0.2, -0.15) is 5.10 Å². The molecule has 0 bridgehead atoms. The highest BCUT2D eigenvalue weighted by Gasteiger charge is 2.08. The van der Waals surface area contributed by atoms with Crippen molar-refractivity contribution in [2.75, 3.05) is 5.32 Å². The Bertz CT molecular complexity index is 482. The van der Waals surface area contributed by atoms with Crippen LogP contribution in [0, 0.1) is 13.8 Å². The molecule has 2 aromatic rings. The molecule has 0 saturated heterocycles. The van der Waals surface area contributed by atoms with Crippen molar-refractivity contribution in [3.63, 3.8) is 0 Å². The third kappa shape index (κ3) is 2.69. The Balaban J connectivity index is 2.19. The summed E-state index contributed by atoms with van der Waals surface area (Å²) < 4.78 is 1.18. The fourth-order valence-electron chi connectivity index (χ4n) is 1.86. The molecular formula is C13H16BrN3. The van der Waals surface area contributed by atoms with Gasteiger partial charge in [-0.1, -0.05) is 15.9 Å². The Morgan fingerprint density at radius 1 is 1.29 bits per heavy atom. The van der Waals surface area contributed by atoms with E-state index in [-0.39, 0.29) is 6.04 Å². The van der Waals surface area contributed by atoms with Crippen LogP contribution in [0.3, 0.4) is 0 Å². The number of benzene rings is 1. The van der Waals surface area contributed by atoms with Crippen molar-refractivity contribution in [1.82, 2.24) is 10.2 Å². The maximum Gasteiger partial charge on any atom is 0.0651 e. The van der Waals surface area contributed by atoms with Crippen LogP contribution in [0.5, 0.6) is 0 Å². The second-order valence-electron chi connectivity index (χ2n) is 4.30. The van der Waals surface area contributed by atoms with Gasteiger partial charge in [-0.25, -0.2) is 0 Å².